The molecule has 0 aliphatic heterocycles. The van der Waals surface area contributed by atoms with Gasteiger partial charge < -0.3 is 10.2 Å². The van der Waals surface area contributed by atoms with Crippen LogP contribution in [0.1, 0.15) is 31.9 Å². The molecular formula is C13H18N4O2S. The minimum absolute atomic E-state index is 0.267. The van der Waals surface area contributed by atoms with E-state index < -0.39 is 0 Å². The number of aryl methyl sites for hydroxylation is 1. The van der Waals surface area contributed by atoms with Crippen molar-refractivity contribution in [2.75, 3.05) is 0 Å². The molecule has 2 aromatic heterocycles. The number of amides is 1. The van der Waals surface area contributed by atoms with Crippen LogP contribution in [0.3, 0.4) is 0 Å². The molecule has 2 heterocycles. The Morgan fingerprint density at radius 3 is 2.90 bits per heavy atom. The summed E-state index contributed by atoms with van der Waals surface area (Å²) >= 11 is 1.63. The number of rotatable bonds is 7. The van der Waals surface area contributed by atoms with Crippen molar-refractivity contribution in [2.24, 2.45) is 5.73 Å². The molecule has 0 aromatic carbocycles. The molecule has 1 amide bonds. The lowest BCUT2D eigenvalue weighted by atomic mass is 10.3. The highest BCUT2D eigenvalue weighted by atomic mass is 32.2. The molecule has 7 heteroatoms. The van der Waals surface area contributed by atoms with Gasteiger partial charge in [0.25, 0.3) is 0 Å². The number of hydrogen-bond donors (Lipinski definition) is 1. The van der Waals surface area contributed by atoms with Gasteiger partial charge in [0.2, 0.25) is 5.91 Å². The number of nitrogens with two attached hydrogens (primary N) is 1. The lowest BCUT2D eigenvalue weighted by molar-refractivity contribution is -0.118. The van der Waals surface area contributed by atoms with Gasteiger partial charge in [-0.2, -0.15) is 0 Å². The smallest absolute Gasteiger partial charge is 0.217 e. The normalized spacial score (nSPS) is 11.2. The number of thioether (sulfide) groups is 1. The van der Waals surface area contributed by atoms with Crippen LogP contribution in [0.2, 0.25) is 0 Å². The minimum Gasteiger partial charge on any atom is -0.467 e. The van der Waals surface area contributed by atoms with Crippen LogP contribution < -0.4 is 5.73 Å². The maximum atomic E-state index is 10.9. The summed E-state index contributed by atoms with van der Waals surface area (Å²) in [5.74, 6) is 1.25. The molecule has 0 unspecified atom stereocenters. The third-order valence-corrected chi connectivity index (χ3v) is 3.61. The van der Waals surface area contributed by atoms with Crippen LogP contribution in [0.25, 0.3) is 0 Å². The molecule has 0 bridgehead atoms. The molecule has 0 atom stereocenters. The molecule has 0 fully saturated rings. The molecule has 6 nitrogen and oxygen atoms in total. The predicted molar refractivity (Wildman–Crippen MR) is 76.3 cm³/mol. The summed E-state index contributed by atoms with van der Waals surface area (Å²) in [4.78, 5) is 10.9. The molecule has 2 aromatic rings. The molecule has 20 heavy (non-hydrogen) atoms. The average molecular weight is 294 g/mol. The van der Waals surface area contributed by atoms with Gasteiger partial charge in [-0.25, -0.2) is 0 Å². The van der Waals surface area contributed by atoms with Crippen LogP contribution in [0.15, 0.2) is 28.0 Å². The van der Waals surface area contributed by atoms with Gasteiger partial charge in [-0.15, -0.1) is 10.2 Å². The quantitative estimate of drug-likeness (QED) is 0.787. The Kier molecular flexibility index (Phi) is 4.84. The van der Waals surface area contributed by atoms with E-state index in [0.29, 0.717) is 18.2 Å². The number of carbonyl (C=O) groups excluding carboxylic acids is 1. The third-order valence-electron chi connectivity index (χ3n) is 2.62. The molecular weight excluding hydrogens is 276 g/mol. The van der Waals surface area contributed by atoms with Crippen molar-refractivity contribution < 1.29 is 9.21 Å². The van der Waals surface area contributed by atoms with E-state index in [0.717, 1.165) is 16.7 Å². The van der Waals surface area contributed by atoms with Gasteiger partial charge in [0.05, 0.1) is 12.8 Å². The summed E-state index contributed by atoms with van der Waals surface area (Å²) in [6, 6.07) is 3.75. The highest BCUT2D eigenvalue weighted by Gasteiger charge is 2.15. The molecule has 0 aliphatic rings. The first-order valence-electron chi connectivity index (χ1n) is 6.45. The Labute approximate surface area is 121 Å². The molecule has 0 spiro atoms. The first-order chi connectivity index (χ1) is 9.56. The second kappa shape index (κ2) is 6.60. The van der Waals surface area contributed by atoms with Crippen molar-refractivity contribution in [1.82, 2.24) is 14.8 Å². The van der Waals surface area contributed by atoms with E-state index in [1.807, 2.05) is 16.7 Å². The number of hydrogen-bond acceptors (Lipinski definition) is 5. The van der Waals surface area contributed by atoms with Crippen molar-refractivity contribution in [3.8, 4) is 0 Å². The van der Waals surface area contributed by atoms with Gasteiger partial charge in [0.1, 0.15) is 11.6 Å². The van der Waals surface area contributed by atoms with Crippen LogP contribution in [-0.4, -0.2) is 25.9 Å². The van der Waals surface area contributed by atoms with E-state index in [1.165, 1.54) is 0 Å². The summed E-state index contributed by atoms with van der Waals surface area (Å²) in [7, 11) is 0. The summed E-state index contributed by atoms with van der Waals surface area (Å²) in [6.07, 6.45) is 2.39. The first-order valence-corrected chi connectivity index (χ1v) is 7.33. The predicted octanol–water partition coefficient (Wildman–Crippen LogP) is 1.84. The van der Waals surface area contributed by atoms with E-state index in [-0.39, 0.29) is 12.3 Å². The first kappa shape index (κ1) is 14.6. The zero-order valence-corrected chi connectivity index (χ0v) is 12.4. The highest BCUT2D eigenvalue weighted by Crippen LogP contribution is 2.23. The van der Waals surface area contributed by atoms with Crippen LogP contribution in [0.5, 0.6) is 0 Å². The second-order valence-corrected chi connectivity index (χ2v) is 6.24. The number of primary amides is 1. The Balaban J connectivity index is 2.22. The number of carbonyl (C=O) groups is 1. The molecule has 2 N–H and O–H groups in total. The number of furan rings is 1. The molecule has 0 saturated heterocycles. The van der Waals surface area contributed by atoms with Crippen LogP contribution >= 0.6 is 11.8 Å². The molecule has 0 saturated carbocycles. The van der Waals surface area contributed by atoms with Crippen molar-refractivity contribution in [3.05, 3.63) is 30.0 Å². The van der Waals surface area contributed by atoms with Crippen molar-refractivity contribution in [3.63, 3.8) is 0 Å². The molecule has 0 aliphatic carbocycles. The van der Waals surface area contributed by atoms with E-state index in [1.54, 1.807) is 18.0 Å². The van der Waals surface area contributed by atoms with Crippen molar-refractivity contribution >= 4 is 17.7 Å². The number of aromatic nitrogens is 3. The Bertz CT molecular complexity index is 563. The Hall–Kier alpha value is -1.76. The Morgan fingerprint density at radius 1 is 1.50 bits per heavy atom. The van der Waals surface area contributed by atoms with Gasteiger partial charge in [-0.1, -0.05) is 25.6 Å². The molecule has 108 valence electrons. The lowest BCUT2D eigenvalue weighted by Gasteiger charge is -2.09. The minimum atomic E-state index is -0.337. The van der Waals surface area contributed by atoms with E-state index in [9.17, 15) is 4.79 Å². The molecule has 2 rings (SSSR count). The SMILES string of the molecule is CC(C)Sc1nnc(CCC(N)=O)n1Cc1ccco1. The fourth-order valence-electron chi connectivity index (χ4n) is 1.75. The monoisotopic (exact) mass is 294 g/mol. The summed E-state index contributed by atoms with van der Waals surface area (Å²) in [6.45, 7) is 4.75. The summed E-state index contributed by atoms with van der Waals surface area (Å²) in [5.41, 5.74) is 5.19. The van der Waals surface area contributed by atoms with Gasteiger partial charge in [0.15, 0.2) is 5.16 Å². The van der Waals surface area contributed by atoms with Gasteiger partial charge in [0, 0.05) is 18.1 Å². The van der Waals surface area contributed by atoms with Gasteiger partial charge in [-0.3, -0.25) is 9.36 Å². The largest absolute Gasteiger partial charge is 0.467 e. The number of nitrogens with zero attached hydrogens (tertiary/aromatic N) is 3. The van der Waals surface area contributed by atoms with Crippen molar-refractivity contribution in [1.29, 1.82) is 0 Å². The Morgan fingerprint density at radius 2 is 2.30 bits per heavy atom. The van der Waals surface area contributed by atoms with Crippen LogP contribution in [0.4, 0.5) is 0 Å². The maximum Gasteiger partial charge on any atom is 0.217 e. The lowest BCUT2D eigenvalue weighted by Crippen LogP contribution is -2.14. The van der Waals surface area contributed by atoms with Gasteiger partial charge >= 0.3 is 0 Å². The zero-order valence-electron chi connectivity index (χ0n) is 11.6. The van der Waals surface area contributed by atoms with Gasteiger partial charge in [-0.05, 0) is 12.1 Å². The van der Waals surface area contributed by atoms with Crippen molar-refractivity contribution in [2.45, 2.75) is 43.6 Å². The summed E-state index contributed by atoms with van der Waals surface area (Å²) < 4.78 is 7.35. The molecule has 0 radical (unpaired) electrons. The van der Waals surface area contributed by atoms with Crippen LogP contribution in [0, 0.1) is 0 Å². The second-order valence-electron chi connectivity index (χ2n) is 4.70. The van der Waals surface area contributed by atoms with Crippen LogP contribution in [-0.2, 0) is 17.8 Å². The zero-order chi connectivity index (χ0) is 14.5. The van der Waals surface area contributed by atoms with E-state index in [4.69, 9.17) is 10.2 Å². The topological polar surface area (TPSA) is 86.9 Å². The fourth-order valence-corrected chi connectivity index (χ4v) is 2.56. The third kappa shape index (κ3) is 3.86. The highest BCUT2D eigenvalue weighted by molar-refractivity contribution is 7.99. The van der Waals surface area contributed by atoms with E-state index >= 15 is 0 Å². The summed E-state index contributed by atoms with van der Waals surface area (Å²) in [5, 5.41) is 9.59. The fraction of sp³-hybridized carbons (Fsp3) is 0.462. The standard InChI is InChI=1S/C13H18N4O2S/c1-9(2)20-13-16-15-12(6-5-11(14)18)17(13)8-10-4-3-7-19-10/h3-4,7,9H,5-6,8H2,1-2H3,(H2,14,18). The average Bonchev–Trinajstić information content (AvgIpc) is 2.98. The maximum absolute atomic E-state index is 10.9. The van der Waals surface area contributed by atoms with E-state index in [2.05, 4.69) is 24.0 Å².